The normalized spacial score (nSPS) is 19.1. The topological polar surface area (TPSA) is 20.3 Å². The van der Waals surface area contributed by atoms with E-state index in [9.17, 15) is 4.79 Å². The van der Waals surface area contributed by atoms with E-state index < -0.39 is 0 Å². The molecule has 0 atom stereocenters. The van der Waals surface area contributed by atoms with Gasteiger partial charge in [-0.15, -0.1) is 0 Å². The Kier molecular flexibility index (Phi) is 5.19. The van der Waals surface area contributed by atoms with Gasteiger partial charge >= 0.3 is 0 Å². The average molecular weight is 390 g/mol. The van der Waals surface area contributed by atoms with E-state index in [1.165, 1.54) is 34.2 Å². The minimum absolute atomic E-state index is 0.0187. The van der Waals surface area contributed by atoms with Crippen molar-refractivity contribution in [2.45, 2.75) is 76.7 Å². The number of carbonyl (C=O) groups is 1. The molecule has 2 aromatic carbocycles. The first-order valence-corrected chi connectivity index (χ1v) is 11.4. The summed E-state index contributed by atoms with van der Waals surface area (Å²) in [4.78, 5) is 16.0. The molecule has 0 saturated heterocycles. The van der Waals surface area contributed by atoms with E-state index in [1.54, 1.807) is 0 Å². The Labute approximate surface area is 176 Å². The highest BCUT2D eigenvalue weighted by atomic mass is 16.1. The molecule has 4 rings (SSSR count). The number of hydrogen-bond donors (Lipinski definition) is 0. The summed E-state index contributed by atoms with van der Waals surface area (Å²) in [6.07, 6.45) is 7.61. The van der Waals surface area contributed by atoms with Crippen LogP contribution in [0.4, 0.5) is 0 Å². The Balaban J connectivity index is 1.85. The highest BCUT2D eigenvalue weighted by Crippen LogP contribution is 2.53. The first kappa shape index (κ1) is 20.3. The maximum Gasteiger partial charge on any atom is 0.183 e. The lowest BCUT2D eigenvalue weighted by molar-refractivity contribution is 0.0564. The zero-order valence-corrected chi connectivity index (χ0v) is 18.8. The van der Waals surface area contributed by atoms with E-state index in [1.807, 2.05) is 0 Å². The lowest BCUT2D eigenvalue weighted by atomic mass is 9.72. The molecule has 0 unspecified atom stereocenters. The molecule has 1 fully saturated rings. The van der Waals surface area contributed by atoms with E-state index >= 15 is 0 Å². The first-order valence-electron chi connectivity index (χ1n) is 11.4. The predicted molar refractivity (Wildman–Crippen MR) is 122 cm³/mol. The minimum Gasteiger partial charge on any atom is -0.297 e. The minimum atomic E-state index is -0.338. The maximum absolute atomic E-state index is 13.8. The molecule has 2 heteroatoms. The SMILES string of the molecule is CCC1(CC)c2cc(C)ccc2-c2ccc(C(=O)C3(N(C)C)CCCCC3)cc21. The number of carbonyl (C=O) groups excluding carboxylic acids is 1. The Morgan fingerprint density at radius 3 is 2.07 bits per heavy atom. The second-order valence-corrected chi connectivity index (χ2v) is 9.41. The number of benzene rings is 2. The van der Waals surface area contributed by atoms with Gasteiger partial charge in [-0.3, -0.25) is 9.69 Å². The highest BCUT2D eigenvalue weighted by molar-refractivity contribution is 6.04. The lowest BCUT2D eigenvalue weighted by Gasteiger charge is -2.41. The van der Waals surface area contributed by atoms with Gasteiger partial charge in [-0.25, -0.2) is 0 Å². The van der Waals surface area contributed by atoms with Crippen molar-refractivity contribution in [3.63, 3.8) is 0 Å². The number of hydrogen-bond acceptors (Lipinski definition) is 2. The molecule has 0 aliphatic heterocycles. The number of Topliss-reactive ketones (excluding diaryl/α,β-unsaturated/α-hetero) is 1. The lowest BCUT2D eigenvalue weighted by Crippen LogP contribution is -2.52. The number of aryl methyl sites for hydroxylation is 1. The largest absolute Gasteiger partial charge is 0.297 e. The van der Waals surface area contributed by atoms with E-state index in [2.05, 4.69) is 76.2 Å². The van der Waals surface area contributed by atoms with Crippen molar-refractivity contribution in [2.24, 2.45) is 0 Å². The maximum atomic E-state index is 13.8. The zero-order valence-electron chi connectivity index (χ0n) is 18.8. The van der Waals surface area contributed by atoms with Crippen molar-refractivity contribution in [3.8, 4) is 11.1 Å². The molecule has 0 amide bonds. The summed E-state index contributed by atoms with van der Waals surface area (Å²) >= 11 is 0. The van der Waals surface area contributed by atoms with Gasteiger partial charge in [0.2, 0.25) is 0 Å². The summed E-state index contributed by atoms with van der Waals surface area (Å²) in [7, 11) is 4.16. The third kappa shape index (κ3) is 2.91. The van der Waals surface area contributed by atoms with Crippen molar-refractivity contribution >= 4 is 5.78 Å². The Bertz CT molecular complexity index is 930. The fourth-order valence-electron chi connectivity index (χ4n) is 6.04. The number of nitrogens with zero attached hydrogens (tertiary/aromatic N) is 1. The van der Waals surface area contributed by atoms with E-state index in [4.69, 9.17) is 0 Å². The summed E-state index contributed by atoms with van der Waals surface area (Å²) < 4.78 is 0. The number of likely N-dealkylation sites (N-methyl/N-ethyl adjacent to an activating group) is 1. The monoisotopic (exact) mass is 389 g/mol. The van der Waals surface area contributed by atoms with Crippen molar-refractivity contribution in [2.75, 3.05) is 14.1 Å². The molecule has 2 nitrogen and oxygen atoms in total. The fraction of sp³-hybridized carbons (Fsp3) is 0.519. The third-order valence-electron chi connectivity index (χ3n) is 7.94. The van der Waals surface area contributed by atoms with E-state index in [0.29, 0.717) is 5.78 Å². The van der Waals surface area contributed by atoms with Crippen LogP contribution in [0, 0.1) is 6.92 Å². The van der Waals surface area contributed by atoms with Crippen LogP contribution >= 0.6 is 0 Å². The van der Waals surface area contributed by atoms with Gasteiger partial charge in [0.25, 0.3) is 0 Å². The van der Waals surface area contributed by atoms with Crippen LogP contribution in [-0.2, 0) is 5.41 Å². The Hall–Kier alpha value is -1.93. The molecule has 2 aliphatic rings. The van der Waals surface area contributed by atoms with Gasteiger partial charge in [-0.2, -0.15) is 0 Å². The molecule has 2 aromatic rings. The Morgan fingerprint density at radius 1 is 0.897 bits per heavy atom. The standard InChI is InChI=1S/C27H35NO/c1-6-26(7-2)23-17-19(3)11-13-21(23)22-14-12-20(18-24(22)26)25(29)27(28(4)5)15-9-8-10-16-27/h11-14,17-18H,6-10,15-16H2,1-5H3. The molecule has 0 heterocycles. The summed E-state index contributed by atoms with van der Waals surface area (Å²) in [6, 6.07) is 13.4. The van der Waals surface area contributed by atoms with Gasteiger partial charge in [0.15, 0.2) is 5.78 Å². The van der Waals surface area contributed by atoms with Crippen LogP contribution < -0.4 is 0 Å². The Morgan fingerprint density at radius 2 is 1.48 bits per heavy atom. The molecule has 2 aliphatic carbocycles. The molecule has 0 spiro atoms. The van der Waals surface area contributed by atoms with Gasteiger partial charge in [-0.05, 0) is 75.0 Å². The van der Waals surface area contributed by atoms with Gasteiger partial charge in [-0.1, -0.05) is 69.0 Å². The molecular formula is C27H35NO. The van der Waals surface area contributed by atoms with Gasteiger partial charge in [0, 0.05) is 11.0 Å². The van der Waals surface area contributed by atoms with Crippen LogP contribution in [0.1, 0.15) is 85.8 Å². The number of fused-ring (bicyclic) bond motifs is 3. The molecule has 0 bridgehead atoms. The van der Waals surface area contributed by atoms with Crippen LogP contribution in [0.15, 0.2) is 36.4 Å². The summed E-state index contributed by atoms with van der Waals surface area (Å²) in [5.74, 6) is 0.318. The van der Waals surface area contributed by atoms with Crippen molar-refractivity contribution in [3.05, 3.63) is 58.7 Å². The third-order valence-corrected chi connectivity index (χ3v) is 7.94. The second-order valence-electron chi connectivity index (χ2n) is 9.41. The van der Waals surface area contributed by atoms with Crippen molar-refractivity contribution < 1.29 is 4.79 Å². The predicted octanol–water partition coefficient (Wildman–Crippen LogP) is 6.53. The van der Waals surface area contributed by atoms with Gasteiger partial charge in [0.05, 0.1) is 5.54 Å². The number of rotatable bonds is 5. The van der Waals surface area contributed by atoms with Crippen LogP contribution in [0.2, 0.25) is 0 Å². The van der Waals surface area contributed by atoms with E-state index in [0.717, 1.165) is 44.1 Å². The summed E-state index contributed by atoms with van der Waals surface area (Å²) in [5.41, 5.74) is 7.38. The van der Waals surface area contributed by atoms with Crippen molar-refractivity contribution in [1.29, 1.82) is 0 Å². The number of ketones is 1. The molecule has 1 saturated carbocycles. The quantitative estimate of drug-likeness (QED) is 0.542. The van der Waals surface area contributed by atoms with Crippen LogP contribution in [0.25, 0.3) is 11.1 Å². The molecule has 29 heavy (non-hydrogen) atoms. The zero-order chi connectivity index (χ0) is 20.8. The summed E-state index contributed by atoms with van der Waals surface area (Å²) in [6.45, 7) is 6.77. The smallest absolute Gasteiger partial charge is 0.183 e. The van der Waals surface area contributed by atoms with Crippen LogP contribution in [0.3, 0.4) is 0 Å². The van der Waals surface area contributed by atoms with Gasteiger partial charge < -0.3 is 0 Å². The molecule has 0 aromatic heterocycles. The molecular weight excluding hydrogens is 354 g/mol. The average Bonchev–Trinajstić information content (AvgIpc) is 3.02. The molecule has 0 radical (unpaired) electrons. The fourth-order valence-corrected chi connectivity index (χ4v) is 6.04. The van der Waals surface area contributed by atoms with Gasteiger partial charge in [0.1, 0.15) is 0 Å². The van der Waals surface area contributed by atoms with Crippen molar-refractivity contribution in [1.82, 2.24) is 4.90 Å². The van der Waals surface area contributed by atoms with Crippen LogP contribution in [-0.4, -0.2) is 30.3 Å². The summed E-state index contributed by atoms with van der Waals surface area (Å²) in [5, 5.41) is 0. The molecule has 154 valence electrons. The second kappa shape index (κ2) is 7.40. The van der Waals surface area contributed by atoms with E-state index in [-0.39, 0.29) is 11.0 Å². The van der Waals surface area contributed by atoms with Crippen LogP contribution in [0.5, 0.6) is 0 Å². The molecule has 0 N–H and O–H groups in total. The first-order chi connectivity index (χ1) is 13.9. The highest BCUT2D eigenvalue weighted by Gasteiger charge is 2.44.